The molecule has 2 aromatic carbocycles. The number of ether oxygens (including phenoxy) is 1. The van der Waals surface area contributed by atoms with Crippen molar-refractivity contribution in [3.8, 4) is 22.1 Å². The van der Waals surface area contributed by atoms with Gasteiger partial charge in [0.2, 0.25) is 0 Å². The number of aryl methyl sites for hydroxylation is 1. The van der Waals surface area contributed by atoms with Gasteiger partial charge in [0, 0.05) is 55.5 Å². The van der Waals surface area contributed by atoms with Crippen molar-refractivity contribution >= 4 is 39.0 Å². The van der Waals surface area contributed by atoms with E-state index in [1.807, 2.05) is 42.7 Å². The van der Waals surface area contributed by atoms with Crippen molar-refractivity contribution in [2.75, 3.05) is 42.5 Å². The van der Waals surface area contributed by atoms with Crippen molar-refractivity contribution in [1.82, 2.24) is 19.4 Å². The van der Waals surface area contributed by atoms with Gasteiger partial charge >= 0.3 is 6.03 Å². The van der Waals surface area contributed by atoms with E-state index < -0.39 is 5.82 Å². The minimum absolute atomic E-state index is 0.0926. The second-order valence-electron chi connectivity index (χ2n) is 10.7. The number of fused-ring (bicyclic) bond motifs is 1. The first-order valence-electron chi connectivity index (χ1n) is 14.4. The lowest BCUT2D eigenvalue weighted by molar-refractivity contribution is 0.256. The molecular formula is C32H31FN6O2S. The molecule has 5 aromatic rings. The average molecular weight is 583 g/mol. The van der Waals surface area contributed by atoms with Gasteiger partial charge in [-0.3, -0.25) is 14.8 Å². The van der Waals surface area contributed by atoms with Crippen LogP contribution in [0.2, 0.25) is 0 Å². The fourth-order valence-electron chi connectivity index (χ4n) is 5.70. The van der Waals surface area contributed by atoms with Gasteiger partial charge in [0.25, 0.3) is 0 Å². The Hall–Kier alpha value is -4.28. The number of aromatic nitrogens is 3. The maximum atomic E-state index is 15.3. The first-order chi connectivity index (χ1) is 20.6. The number of thiophene rings is 1. The number of amides is 2. The molecule has 2 aliphatic heterocycles. The predicted molar refractivity (Wildman–Crippen MR) is 164 cm³/mol. The van der Waals surface area contributed by atoms with Crippen LogP contribution < -0.4 is 14.5 Å². The van der Waals surface area contributed by atoms with E-state index >= 15 is 4.39 Å². The van der Waals surface area contributed by atoms with Crippen molar-refractivity contribution < 1.29 is 13.9 Å². The summed E-state index contributed by atoms with van der Waals surface area (Å²) in [4.78, 5) is 29.0. The first-order valence-corrected chi connectivity index (χ1v) is 15.2. The maximum absolute atomic E-state index is 15.3. The summed E-state index contributed by atoms with van der Waals surface area (Å²) in [5.74, 6) is 0.0864. The van der Waals surface area contributed by atoms with Crippen LogP contribution in [0.25, 0.3) is 20.8 Å². The zero-order valence-corrected chi connectivity index (χ0v) is 24.0. The number of anilines is 2. The molecule has 2 saturated heterocycles. The number of halogens is 1. The summed E-state index contributed by atoms with van der Waals surface area (Å²) in [6.07, 6.45) is 9.35. The molecule has 214 valence electrons. The molecule has 10 heteroatoms. The van der Waals surface area contributed by atoms with E-state index in [2.05, 4.69) is 25.6 Å². The van der Waals surface area contributed by atoms with Crippen molar-refractivity contribution in [2.45, 2.75) is 25.8 Å². The van der Waals surface area contributed by atoms with Crippen LogP contribution in [-0.4, -0.2) is 58.2 Å². The van der Waals surface area contributed by atoms with Crippen molar-refractivity contribution in [2.24, 2.45) is 0 Å². The van der Waals surface area contributed by atoms with E-state index in [-0.39, 0.29) is 11.8 Å². The Morgan fingerprint density at radius 3 is 2.48 bits per heavy atom. The van der Waals surface area contributed by atoms with Crippen molar-refractivity contribution in [3.05, 3.63) is 85.2 Å². The zero-order chi connectivity index (χ0) is 28.5. The molecule has 0 unspecified atom stereocenters. The van der Waals surface area contributed by atoms with Gasteiger partial charge in [-0.2, -0.15) is 0 Å². The molecule has 3 aromatic heterocycles. The number of benzene rings is 2. The number of hydrogen-bond donors (Lipinski definition) is 0. The highest BCUT2D eigenvalue weighted by Crippen LogP contribution is 2.39. The highest BCUT2D eigenvalue weighted by Gasteiger charge is 2.31. The van der Waals surface area contributed by atoms with E-state index in [0.29, 0.717) is 24.5 Å². The summed E-state index contributed by atoms with van der Waals surface area (Å²) < 4.78 is 24.3. The summed E-state index contributed by atoms with van der Waals surface area (Å²) in [5, 5.41) is 0. The summed E-state index contributed by atoms with van der Waals surface area (Å²) in [6, 6.07) is 17.7. The number of rotatable bonds is 9. The Morgan fingerprint density at radius 1 is 0.857 bits per heavy atom. The lowest BCUT2D eigenvalue weighted by Crippen LogP contribution is -2.31. The van der Waals surface area contributed by atoms with E-state index in [1.165, 1.54) is 43.3 Å². The Morgan fingerprint density at radius 2 is 1.67 bits per heavy atom. The van der Waals surface area contributed by atoms with Gasteiger partial charge < -0.3 is 14.2 Å². The number of nitrogens with zero attached hydrogens (tertiary/aromatic N) is 6. The minimum atomic E-state index is -0.534. The maximum Gasteiger partial charge on any atom is 0.329 e. The number of urea groups is 1. The van der Waals surface area contributed by atoms with E-state index in [4.69, 9.17) is 4.74 Å². The number of hydrogen-bond acceptors (Lipinski definition) is 6. The van der Waals surface area contributed by atoms with Crippen LogP contribution in [0.15, 0.2) is 79.4 Å². The number of imidazole rings is 1. The number of para-hydroxylation sites is 1. The highest BCUT2D eigenvalue weighted by atomic mass is 32.1. The highest BCUT2D eigenvalue weighted by molar-refractivity contribution is 7.22. The van der Waals surface area contributed by atoms with Gasteiger partial charge in [-0.15, -0.1) is 11.3 Å². The van der Waals surface area contributed by atoms with Crippen LogP contribution in [0.1, 0.15) is 19.3 Å². The fourth-order valence-corrected chi connectivity index (χ4v) is 6.72. The number of pyridine rings is 1. The molecule has 42 heavy (non-hydrogen) atoms. The number of carbonyl (C=O) groups is 1. The standard InChI is InChI=1S/C32H31FN6O2S/c33-25-19-24(39-18-17-38(32(39)40)23-7-2-1-3-8-23)9-10-28(25)41-29-11-12-34-26-20-30(42-31(26)29)27-21-37(22-35-27)16-6-15-36-13-4-5-14-36/h1-3,7-12,19-22H,4-6,13-18H2. The third-order valence-corrected chi connectivity index (χ3v) is 9.04. The molecule has 8 nitrogen and oxygen atoms in total. The quantitative estimate of drug-likeness (QED) is 0.187. The number of carbonyl (C=O) groups excluding carboxylic acids is 1. The van der Waals surface area contributed by atoms with Gasteiger partial charge in [0.15, 0.2) is 11.6 Å². The Bertz CT molecular complexity index is 1710. The lowest BCUT2D eigenvalue weighted by Gasteiger charge is -2.19. The monoisotopic (exact) mass is 582 g/mol. The number of likely N-dealkylation sites (tertiary alicyclic amines) is 1. The van der Waals surface area contributed by atoms with Gasteiger partial charge in [-0.1, -0.05) is 18.2 Å². The van der Waals surface area contributed by atoms with Crippen molar-refractivity contribution in [1.29, 1.82) is 0 Å². The van der Waals surface area contributed by atoms with Gasteiger partial charge in [0.1, 0.15) is 5.75 Å². The normalized spacial score (nSPS) is 15.8. The Balaban J connectivity index is 1.05. The third kappa shape index (κ3) is 5.35. The van der Waals surface area contributed by atoms with E-state index in [0.717, 1.165) is 46.0 Å². The third-order valence-electron chi connectivity index (χ3n) is 7.87. The van der Waals surface area contributed by atoms with Crippen LogP contribution in [0.4, 0.5) is 20.6 Å². The van der Waals surface area contributed by atoms with Crippen LogP contribution in [0.5, 0.6) is 11.5 Å². The average Bonchev–Trinajstić information content (AvgIpc) is 3.82. The van der Waals surface area contributed by atoms with Crippen molar-refractivity contribution in [3.63, 3.8) is 0 Å². The first kappa shape index (κ1) is 26.6. The molecule has 2 fully saturated rings. The smallest absolute Gasteiger partial charge is 0.329 e. The summed E-state index contributed by atoms with van der Waals surface area (Å²) in [6.45, 7) is 5.50. The summed E-state index contributed by atoms with van der Waals surface area (Å²) in [5.41, 5.74) is 2.99. The zero-order valence-electron chi connectivity index (χ0n) is 23.2. The summed E-state index contributed by atoms with van der Waals surface area (Å²) >= 11 is 1.53. The molecule has 0 atom stereocenters. The second kappa shape index (κ2) is 11.5. The molecule has 0 spiro atoms. The minimum Gasteiger partial charge on any atom is -0.453 e. The Labute approximate surface area is 247 Å². The molecule has 2 aliphatic rings. The Kier molecular flexibility index (Phi) is 7.31. The van der Waals surface area contributed by atoms with Gasteiger partial charge in [-0.05, 0) is 69.2 Å². The SMILES string of the molecule is O=C1N(c2ccccc2)CCN1c1ccc(Oc2ccnc3cc(-c4cn(CCCN5CCCC5)cn4)sc23)c(F)c1. The van der Waals surface area contributed by atoms with Crippen LogP contribution in [0.3, 0.4) is 0 Å². The second-order valence-corrected chi connectivity index (χ2v) is 11.7. The molecule has 5 heterocycles. The largest absolute Gasteiger partial charge is 0.453 e. The van der Waals surface area contributed by atoms with Crippen LogP contribution in [-0.2, 0) is 6.54 Å². The molecule has 2 amide bonds. The molecule has 0 N–H and O–H groups in total. The van der Waals surface area contributed by atoms with Gasteiger partial charge in [0.05, 0.1) is 27.1 Å². The molecule has 0 radical (unpaired) electrons. The topological polar surface area (TPSA) is 66.7 Å². The van der Waals surface area contributed by atoms with Gasteiger partial charge in [-0.25, -0.2) is 14.2 Å². The molecule has 0 saturated carbocycles. The molecular weight excluding hydrogens is 551 g/mol. The van der Waals surface area contributed by atoms with Crippen LogP contribution in [0, 0.1) is 5.82 Å². The molecule has 7 rings (SSSR count). The van der Waals surface area contributed by atoms with Crippen LogP contribution >= 0.6 is 11.3 Å². The molecule has 0 bridgehead atoms. The predicted octanol–water partition coefficient (Wildman–Crippen LogP) is 7.02. The summed E-state index contributed by atoms with van der Waals surface area (Å²) in [7, 11) is 0. The molecule has 0 aliphatic carbocycles. The van der Waals surface area contributed by atoms with E-state index in [1.54, 1.807) is 34.2 Å². The van der Waals surface area contributed by atoms with E-state index in [9.17, 15) is 4.79 Å². The lowest BCUT2D eigenvalue weighted by atomic mass is 10.2. The fraction of sp³-hybridized carbons (Fsp3) is 0.281.